The van der Waals surface area contributed by atoms with Gasteiger partial charge in [-0.25, -0.2) is 0 Å². The Hall–Kier alpha value is 0.130. The van der Waals surface area contributed by atoms with Gasteiger partial charge in [-0.1, -0.05) is 29.8 Å². The van der Waals surface area contributed by atoms with Crippen LogP contribution in [0.5, 0.6) is 0 Å². The molecule has 1 aromatic rings. The molecule has 1 N–H and O–H groups in total. The summed E-state index contributed by atoms with van der Waals surface area (Å²) in [4.78, 5) is 11.7. The lowest BCUT2D eigenvalue weighted by Gasteiger charge is -2.21. The van der Waals surface area contributed by atoms with Crippen LogP contribution in [0.4, 0.5) is 0 Å². The van der Waals surface area contributed by atoms with E-state index >= 15 is 0 Å². The second-order valence-corrected chi connectivity index (χ2v) is 6.97. The summed E-state index contributed by atoms with van der Waals surface area (Å²) in [6, 6.07) is 1.83. The standard InChI is InChI=1S/C10H13Br2NOS/c1-10(2,5-11)6-13-9(14)7-3-8(12)15-4-7/h3-4H,5-6H2,1-2H3,(H,13,14). The summed E-state index contributed by atoms with van der Waals surface area (Å²) in [6.07, 6.45) is 0. The third kappa shape index (κ3) is 4.25. The summed E-state index contributed by atoms with van der Waals surface area (Å²) in [5.74, 6) is -0.00836. The predicted octanol–water partition coefficient (Wildman–Crippen LogP) is 3.66. The van der Waals surface area contributed by atoms with Crippen molar-refractivity contribution in [1.82, 2.24) is 5.32 Å². The molecule has 0 unspecified atom stereocenters. The fourth-order valence-corrected chi connectivity index (χ4v) is 2.23. The Balaban J connectivity index is 2.50. The maximum Gasteiger partial charge on any atom is 0.252 e. The van der Waals surface area contributed by atoms with Crippen molar-refractivity contribution in [2.24, 2.45) is 5.41 Å². The van der Waals surface area contributed by atoms with Crippen molar-refractivity contribution in [3.8, 4) is 0 Å². The maximum atomic E-state index is 11.7. The highest BCUT2D eigenvalue weighted by Crippen LogP contribution is 2.21. The zero-order chi connectivity index (χ0) is 11.5. The smallest absolute Gasteiger partial charge is 0.252 e. The Morgan fingerprint density at radius 2 is 2.27 bits per heavy atom. The van der Waals surface area contributed by atoms with Crippen molar-refractivity contribution in [2.45, 2.75) is 13.8 Å². The molecule has 0 aromatic carbocycles. The maximum absolute atomic E-state index is 11.7. The fraction of sp³-hybridized carbons (Fsp3) is 0.500. The zero-order valence-corrected chi connectivity index (χ0v) is 12.6. The molecule has 0 aliphatic heterocycles. The molecule has 15 heavy (non-hydrogen) atoms. The Kier molecular flexibility index (Phi) is 4.80. The van der Waals surface area contributed by atoms with Gasteiger partial charge in [-0.2, -0.15) is 0 Å². The molecule has 0 bridgehead atoms. The van der Waals surface area contributed by atoms with E-state index in [9.17, 15) is 4.79 Å². The van der Waals surface area contributed by atoms with E-state index in [-0.39, 0.29) is 11.3 Å². The second kappa shape index (κ2) is 5.46. The van der Waals surface area contributed by atoms with Crippen LogP contribution in [0.2, 0.25) is 0 Å². The second-order valence-electron chi connectivity index (χ2n) is 4.12. The molecule has 0 fully saturated rings. The van der Waals surface area contributed by atoms with Crippen LogP contribution in [-0.4, -0.2) is 17.8 Å². The number of rotatable bonds is 4. The van der Waals surface area contributed by atoms with Crippen LogP contribution >= 0.6 is 43.2 Å². The molecule has 0 saturated heterocycles. The average Bonchev–Trinajstić information content (AvgIpc) is 2.61. The monoisotopic (exact) mass is 353 g/mol. The minimum Gasteiger partial charge on any atom is -0.351 e. The third-order valence-corrected chi connectivity index (χ3v) is 4.94. The molecule has 84 valence electrons. The highest BCUT2D eigenvalue weighted by Gasteiger charge is 2.17. The third-order valence-electron chi connectivity index (χ3n) is 1.92. The summed E-state index contributed by atoms with van der Waals surface area (Å²) >= 11 is 8.28. The van der Waals surface area contributed by atoms with E-state index in [1.165, 1.54) is 11.3 Å². The van der Waals surface area contributed by atoms with E-state index in [0.29, 0.717) is 6.54 Å². The van der Waals surface area contributed by atoms with Crippen LogP contribution in [-0.2, 0) is 0 Å². The summed E-state index contributed by atoms with van der Waals surface area (Å²) in [6.45, 7) is 4.88. The molecule has 5 heteroatoms. The van der Waals surface area contributed by atoms with Crippen LogP contribution < -0.4 is 5.32 Å². The lowest BCUT2D eigenvalue weighted by molar-refractivity contribution is 0.0940. The molecule has 1 amide bonds. The topological polar surface area (TPSA) is 29.1 Å². The molecule has 1 aromatic heterocycles. The molecule has 0 saturated carbocycles. The van der Waals surface area contributed by atoms with Gasteiger partial charge in [0, 0.05) is 17.3 Å². The lowest BCUT2D eigenvalue weighted by atomic mass is 9.97. The molecule has 0 spiro atoms. The van der Waals surface area contributed by atoms with Crippen molar-refractivity contribution in [2.75, 3.05) is 11.9 Å². The van der Waals surface area contributed by atoms with Gasteiger partial charge in [0.25, 0.3) is 5.91 Å². The molecule has 0 atom stereocenters. The molecule has 1 heterocycles. The minimum absolute atomic E-state index is 0.00836. The Bertz CT molecular complexity index is 349. The first-order valence-electron chi connectivity index (χ1n) is 4.53. The average molecular weight is 355 g/mol. The number of nitrogens with one attached hydrogen (secondary N) is 1. The van der Waals surface area contributed by atoms with Crippen LogP contribution in [0.15, 0.2) is 15.2 Å². The Morgan fingerprint density at radius 3 is 2.73 bits per heavy atom. The van der Waals surface area contributed by atoms with Crippen LogP contribution in [0.25, 0.3) is 0 Å². The van der Waals surface area contributed by atoms with E-state index in [4.69, 9.17) is 0 Å². The minimum atomic E-state index is -0.00836. The first kappa shape index (κ1) is 13.2. The van der Waals surface area contributed by atoms with Crippen LogP contribution in [0.3, 0.4) is 0 Å². The zero-order valence-electron chi connectivity index (χ0n) is 8.64. The van der Waals surface area contributed by atoms with Crippen LogP contribution in [0, 0.1) is 5.41 Å². The number of hydrogen-bond donors (Lipinski definition) is 1. The van der Waals surface area contributed by atoms with Gasteiger partial charge >= 0.3 is 0 Å². The molecular weight excluding hydrogens is 342 g/mol. The highest BCUT2D eigenvalue weighted by molar-refractivity contribution is 9.11. The lowest BCUT2D eigenvalue weighted by Crippen LogP contribution is -2.34. The van der Waals surface area contributed by atoms with Crippen LogP contribution in [0.1, 0.15) is 24.2 Å². The van der Waals surface area contributed by atoms with Gasteiger partial charge in [-0.3, -0.25) is 4.79 Å². The largest absolute Gasteiger partial charge is 0.351 e. The van der Waals surface area contributed by atoms with Gasteiger partial charge in [0.15, 0.2) is 0 Å². The summed E-state index contributed by atoms with van der Waals surface area (Å²) in [5, 5.41) is 5.64. The van der Waals surface area contributed by atoms with Gasteiger partial charge in [0.2, 0.25) is 0 Å². The summed E-state index contributed by atoms with van der Waals surface area (Å²) in [5.41, 5.74) is 0.806. The first-order valence-corrected chi connectivity index (χ1v) is 7.32. The molecular formula is C10H13Br2NOS. The number of alkyl halides is 1. The number of carbonyl (C=O) groups is 1. The van der Waals surface area contributed by atoms with Gasteiger partial charge in [0.1, 0.15) is 0 Å². The molecule has 2 nitrogen and oxygen atoms in total. The van der Waals surface area contributed by atoms with E-state index < -0.39 is 0 Å². The van der Waals surface area contributed by atoms with Crippen molar-refractivity contribution < 1.29 is 4.79 Å². The van der Waals surface area contributed by atoms with E-state index in [0.717, 1.165) is 14.7 Å². The van der Waals surface area contributed by atoms with Crippen molar-refractivity contribution in [3.63, 3.8) is 0 Å². The normalized spacial score (nSPS) is 11.5. The van der Waals surface area contributed by atoms with Crippen molar-refractivity contribution >= 4 is 49.1 Å². The number of thiophene rings is 1. The molecule has 1 rings (SSSR count). The first-order chi connectivity index (χ1) is 6.94. The number of carbonyl (C=O) groups excluding carboxylic acids is 1. The quantitative estimate of drug-likeness (QED) is 0.821. The van der Waals surface area contributed by atoms with E-state index in [1.807, 2.05) is 11.4 Å². The molecule has 0 aliphatic carbocycles. The number of amides is 1. The molecule has 0 aliphatic rings. The van der Waals surface area contributed by atoms with Gasteiger partial charge < -0.3 is 5.32 Å². The number of hydrogen-bond acceptors (Lipinski definition) is 2. The van der Waals surface area contributed by atoms with Gasteiger partial charge in [0.05, 0.1) is 9.35 Å². The van der Waals surface area contributed by atoms with E-state index in [1.54, 1.807) is 0 Å². The summed E-state index contributed by atoms with van der Waals surface area (Å²) in [7, 11) is 0. The number of halogens is 2. The van der Waals surface area contributed by atoms with Crippen molar-refractivity contribution in [1.29, 1.82) is 0 Å². The highest BCUT2D eigenvalue weighted by atomic mass is 79.9. The van der Waals surface area contributed by atoms with Gasteiger partial charge in [-0.15, -0.1) is 11.3 Å². The predicted molar refractivity (Wildman–Crippen MR) is 71.9 cm³/mol. The Morgan fingerprint density at radius 1 is 1.60 bits per heavy atom. The summed E-state index contributed by atoms with van der Waals surface area (Å²) < 4.78 is 0.979. The van der Waals surface area contributed by atoms with Gasteiger partial charge in [-0.05, 0) is 27.4 Å². The van der Waals surface area contributed by atoms with Crippen molar-refractivity contribution in [3.05, 3.63) is 20.8 Å². The van der Waals surface area contributed by atoms with E-state index in [2.05, 4.69) is 51.0 Å². The fourth-order valence-electron chi connectivity index (χ4n) is 0.898. The SMILES string of the molecule is CC(C)(CBr)CNC(=O)c1csc(Br)c1. The molecule has 0 radical (unpaired) electrons. The Labute approximate surface area is 111 Å².